The van der Waals surface area contributed by atoms with Gasteiger partial charge in [0.05, 0.1) is 37.6 Å². The second-order valence-corrected chi connectivity index (χ2v) is 25.9. The third kappa shape index (κ3) is 9.08. The lowest BCUT2D eigenvalue weighted by Crippen LogP contribution is -2.68. The fraction of sp³-hybridized carbons (Fsp3) is 0.943. The molecule has 12 N–H and O–H groups in total. The van der Waals surface area contributed by atoms with Gasteiger partial charge in [0.2, 0.25) is 6.29 Å². The molecule has 4 aliphatic heterocycles. The Balaban J connectivity index is 1.01. The molecule has 424 valence electrons. The van der Waals surface area contributed by atoms with Gasteiger partial charge in [-0.3, -0.25) is 4.79 Å². The molecule has 0 aromatic carbocycles. The Hall–Kier alpha value is -1.55. The summed E-state index contributed by atoms with van der Waals surface area (Å²) in [5.74, 6) is -0.812. The van der Waals surface area contributed by atoms with Crippen molar-refractivity contribution in [1.82, 2.24) is 0 Å². The Kier molecular flexibility index (Phi) is 15.6. The predicted molar refractivity (Wildman–Crippen MR) is 255 cm³/mol. The van der Waals surface area contributed by atoms with Gasteiger partial charge in [0, 0.05) is 0 Å². The molecule has 9 aliphatic rings. The normalized spacial score (nSPS) is 55.1. The minimum Gasteiger partial charge on any atom is -0.432 e. The highest BCUT2D eigenvalue weighted by Gasteiger charge is 2.72. The third-order valence-corrected chi connectivity index (χ3v) is 21.0. The summed E-state index contributed by atoms with van der Waals surface area (Å²) in [5.41, 5.74) is -1.85. The zero-order valence-corrected chi connectivity index (χ0v) is 44.3. The Morgan fingerprint density at radius 2 is 1.24 bits per heavy atom. The second-order valence-electron chi connectivity index (χ2n) is 25.9. The van der Waals surface area contributed by atoms with Crippen LogP contribution in [0.2, 0.25) is 0 Å². The van der Waals surface area contributed by atoms with Crippen molar-refractivity contribution in [1.29, 1.82) is 0 Å². The van der Waals surface area contributed by atoms with Gasteiger partial charge in [-0.2, -0.15) is 0 Å². The van der Waals surface area contributed by atoms with Gasteiger partial charge in [0.15, 0.2) is 25.0 Å². The number of ether oxygens (including phenoxy) is 8. The molecule has 9 rings (SSSR count). The van der Waals surface area contributed by atoms with E-state index in [1.165, 1.54) is 13.8 Å². The van der Waals surface area contributed by atoms with Gasteiger partial charge in [-0.1, -0.05) is 60.1 Å². The summed E-state index contributed by atoms with van der Waals surface area (Å²) in [6.45, 7) is 17.6. The Bertz CT molecular complexity index is 2060. The molecule has 8 fully saturated rings. The number of fused-ring (bicyclic) bond motifs is 7. The maximum atomic E-state index is 15.6. The highest BCUT2D eigenvalue weighted by atomic mass is 16.8. The standard InChI is InChI=1S/C53H86O21/c1-22-32(57)35(60)39(64)43(69-22)68-21-27-34(59)36(61)42(73-45-40(65)37(62)41(23(2)70-45)72-44-38(63)33(58)26(54)20-67-44)46(71-27)74-47(66)53-17-16-48(3,4)18-25(53)24-10-11-29-50(7)14-13-30(55)49(5,6)28(50)12-15-51(29,8)52(24,9)19-31(53)56/h10,22-23,25-46,54-65H,11-21H2,1-9H3/t22-,23-,25-,26+,27+,28-,29+,30-,31+,32-,33-,34+,35+,36-,37-,38+,39+,40+,41-,42+,43+,44-,45-,46-,50-,51+,52+,53+/m0/s1. The van der Waals surface area contributed by atoms with E-state index >= 15 is 4.79 Å². The largest absolute Gasteiger partial charge is 0.432 e. The lowest BCUT2D eigenvalue weighted by Gasteiger charge is -2.71. The molecule has 0 bridgehead atoms. The Morgan fingerprint density at radius 1 is 0.608 bits per heavy atom. The van der Waals surface area contributed by atoms with Crippen molar-refractivity contribution in [3.63, 3.8) is 0 Å². The first-order valence-corrected chi connectivity index (χ1v) is 27.0. The van der Waals surface area contributed by atoms with Crippen molar-refractivity contribution in [2.24, 2.45) is 50.2 Å². The lowest BCUT2D eigenvalue weighted by atomic mass is 9.33. The monoisotopic (exact) mass is 1060 g/mol. The molecule has 4 heterocycles. The van der Waals surface area contributed by atoms with Crippen LogP contribution in [0, 0.1) is 50.2 Å². The van der Waals surface area contributed by atoms with Crippen molar-refractivity contribution in [3.8, 4) is 0 Å². The van der Waals surface area contributed by atoms with Gasteiger partial charge in [-0.25, -0.2) is 0 Å². The van der Waals surface area contributed by atoms with Gasteiger partial charge >= 0.3 is 5.97 Å². The number of carbonyl (C=O) groups is 1. The van der Waals surface area contributed by atoms with Crippen LogP contribution in [-0.2, 0) is 42.7 Å². The van der Waals surface area contributed by atoms with Crippen LogP contribution in [0.15, 0.2) is 11.6 Å². The van der Waals surface area contributed by atoms with Crippen LogP contribution in [-0.4, -0.2) is 209 Å². The fourth-order valence-electron chi connectivity index (χ4n) is 16.1. The molecule has 4 saturated heterocycles. The quantitative estimate of drug-likeness (QED) is 0.104. The lowest BCUT2D eigenvalue weighted by molar-refractivity contribution is -0.377. The number of aliphatic hydroxyl groups is 12. The first kappa shape index (κ1) is 57.1. The minimum absolute atomic E-state index is 0.0811. The van der Waals surface area contributed by atoms with E-state index in [-0.39, 0.29) is 40.4 Å². The number of carbonyl (C=O) groups excluding carboxylic acids is 1. The minimum atomic E-state index is -1.99. The SMILES string of the molecule is C[C@@H]1O[C@@H](OC[C@H]2O[C@@H](OC(=O)[C@]34CCC(C)(C)C[C@H]3C3=CC[C@@H]5[C@@]6(C)CC[C@H](O)C(C)(C)[C@@H]6CC[C@@]5(C)[C@]3(C)C[C@H]4O)[C@H](O[C@@H]3O[C@@H](C)[C@H](O[C@@H]4OC[C@@H](O)[C@H](O)[C@H]4O)[C@@H](O)[C@H]3O)[C@@H](O)[C@@H]2O)[C@H](O)[C@H](O)[C@H]1O. The molecule has 74 heavy (non-hydrogen) atoms. The molecule has 0 aromatic heterocycles. The second kappa shape index (κ2) is 20.2. The first-order chi connectivity index (χ1) is 34.4. The molecule has 0 radical (unpaired) electrons. The third-order valence-electron chi connectivity index (χ3n) is 21.0. The summed E-state index contributed by atoms with van der Waals surface area (Å²) >= 11 is 0. The van der Waals surface area contributed by atoms with Crippen LogP contribution in [0.1, 0.15) is 120 Å². The van der Waals surface area contributed by atoms with Crippen molar-refractivity contribution in [2.75, 3.05) is 13.2 Å². The molecule has 4 saturated carbocycles. The average Bonchev–Trinajstić information content (AvgIpc) is 3.33. The van der Waals surface area contributed by atoms with Crippen molar-refractivity contribution >= 4 is 5.97 Å². The Labute approximate surface area is 433 Å². The maximum Gasteiger partial charge on any atom is 0.317 e. The summed E-state index contributed by atoms with van der Waals surface area (Å²) in [4.78, 5) is 15.6. The van der Waals surface area contributed by atoms with E-state index in [1.807, 2.05) is 0 Å². The molecule has 0 unspecified atom stereocenters. The Morgan fingerprint density at radius 3 is 1.95 bits per heavy atom. The molecule has 5 aliphatic carbocycles. The van der Waals surface area contributed by atoms with Crippen LogP contribution in [0.25, 0.3) is 0 Å². The van der Waals surface area contributed by atoms with Gasteiger partial charge < -0.3 is 99.2 Å². The highest BCUT2D eigenvalue weighted by molar-refractivity contribution is 5.80. The van der Waals surface area contributed by atoms with Crippen molar-refractivity contribution < 1.29 is 104 Å². The zero-order valence-electron chi connectivity index (χ0n) is 44.3. The van der Waals surface area contributed by atoms with Crippen molar-refractivity contribution in [2.45, 2.75) is 249 Å². The molecular weight excluding hydrogens is 973 g/mol. The number of hydrogen-bond donors (Lipinski definition) is 12. The molecule has 21 heteroatoms. The van der Waals surface area contributed by atoms with Gasteiger partial charge in [0.25, 0.3) is 0 Å². The van der Waals surface area contributed by atoms with E-state index in [2.05, 4.69) is 54.5 Å². The van der Waals surface area contributed by atoms with E-state index in [1.54, 1.807) is 0 Å². The van der Waals surface area contributed by atoms with Crippen LogP contribution in [0.4, 0.5) is 0 Å². The summed E-state index contributed by atoms with van der Waals surface area (Å²) in [6, 6.07) is 0. The average molecular weight is 1060 g/mol. The number of esters is 1. The number of aliphatic hydroxyl groups excluding tert-OH is 12. The molecular formula is C53H86O21. The van der Waals surface area contributed by atoms with E-state index in [4.69, 9.17) is 37.9 Å². The van der Waals surface area contributed by atoms with E-state index in [9.17, 15) is 61.3 Å². The molecule has 28 atom stereocenters. The van der Waals surface area contributed by atoms with E-state index < -0.39 is 165 Å². The van der Waals surface area contributed by atoms with Gasteiger partial charge in [-0.15, -0.1) is 0 Å². The van der Waals surface area contributed by atoms with Crippen LogP contribution in [0.3, 0.4) is 0 Å². The zero-order chi connectivity index (χ0) is 54.2. The van der Waals surface area contributed by atoms with Crippen LogP contribution in [0.5, 0.6) is 0 Å². The summed E-state index contributed by atoms with van der Waals surface area (Å²) < 4.78 is 47.4. The fourth-order valence-corrected chi connectivity index (χ4v) is 16.1. The maximum absolute atomic E-state index is 15.6. The molecule has 0 spiro atoms. The highest BCUT2D eigenvalue weighted by Crippen LogP contribution is 2.76. The number of allylic oxidation sites excluding steroid dienone is 2. The van der Waals surface area contributed by atoms with E-state index in [0.29, 0.717) is 25.2 Å². The predicted octanol–water partition coefficient (Wildman–Crippen LogP) is -0.370. The van der Waals surface area contributed by atoms with Crippen LogP contribution >= 0.6 is 0 Å². The molecule has 21 nitrogen and oxygen atoms in total. The molecule has 0 amide bonds. The van der Waals surface area contributed by atoms with Gasteiger partial charge in [-0.05, 0) is 116 Å². The van der Waals surface area contributed by atoms with Crippen LogP contribution < -0.4 is 0 Å². The van der Waals surface area contributed by atoms with E-state index in [0.717, 1.165) is 31.3 Å². The molecule has 0 aromatic rings. The number of hydrogen-bond acceptors (Lipinski definition) is 21. The van der Waals surface area contributed by atoms with Gasteiger partial charge in [0.1, 0.15) is 78.7 Å². The smallest absolute Gasteiger partial charge is 0.317 e. The van der Waals surface area contributed by atoms with Crippen molar-refractivity contribution in [3.05, 3.63) is 11.6 Å². The summed E-state index contributed by atoms with van der Waals surface area (Å²) in [5, 5.41) is 133. The first-order valence-electron chi connectivity index (χ1n) is 27.0. The summed E-state index contributed by atoms with van der Waals surface area (Å²) in [6.07, 6.45) is -24.6. The summed E-state index contributed by atoms with van der Waals surface area (Å²) in [7, 11) is 0. The number of rotatable bonds is 9. The topological polar surface area (TPSA) is 334 Å².